The van der Waals surface area contributed by atoms with Crippen LogP contribution in [0.25, 0.3) is 0 Å². The summed E-state index contributed by atoms with van der Waals surface area (Å²) >= 11 is 0. The number of aliphatic hydroxyl groups excluding tert-OH is 1. The van der Waals surface area contributed by atoms with E-state index in [0.717, 1.165) is 37.3 Å². The summed E-state index contributed by atoms with van der Waals surface area (Å²) in [6, 6.07) is 4.13. The first kappa shape index (κ1) is 13.3. The molecule has 4 heteroatoms. The zero-order chi connectivity index (χ0) is 13.1. The van der Waals surface area contributed by atoms with E-state index in [1.165, 1.54) is 0 Å². The Morgan fingerprint density at radius 1 is 1.33 bits per heavy atom. The van der Waals surface area contributed by atoms with Crippen LogP contribution in [0.3, 0.4) is 0 Å². The van der Waals surface area contributed by atoms with Crippen molar-refractivity contribution in [3.05, 3.63) is 23.9 Å². The minimum Gasteiger partial charge on any atom is -0.393 e. The van der Waals surface area contributed by atoms with Crippen molar-refractivity contribution in [1.82, 2.24) is 4.98 Å². The molecular weight excluding hydrogens is 226 g/mol. The third-order valence-electron chi connectivity index (χ3n) is 3.84. The number of nitrogens with zero attached hydrogens (tertiary/aromatic N) is 2. The van der Waals surface area contributed by atoms with Gasteiger partial charge in [-0.15, -0.1) is 0 Å². The fourth-order valence-corrected chi connectivity index (χ4v) is 2.46. The van der Waals surface area contributed by atoms with E-state index < -0.39 is 0 Å². The first-order valence-corrected chi connectivity index (χ1v) is 6.72. The van der Waals surface area contributed by atoms with Gasteiger partial charge in [0.05, 0.1) is 6.10 Å². The van der Waals surface area contributed by atoms with Gasteiger partial charge in [0.1, 0.15) is 5.82 Å². The second kappa shape index (κ2) is 5.67. The summed E-state index contributed by atoms with van der Waals surface area (Å²) in [5.74, 6) is 1.45. The number of piperidine rings is 1. The Morgan fingerprint density at radius 2 is 2.00 bits per heavy atom. The topological polar surface area (TPSA) is 62.4 Å². The van der Waals surface area contributed by atoms with Gasteiger partial charge in [0, 0.05) is 25.3 Å². The van der Waals surface area contributed by atoms with Crippen LogP contribution in [-0.4, -0.2) is 29.3 Å². The van der Waals surface area contributed by atoms with Gasteiger partial charge in [-0.2, -0.15) is 0 Å². The van der Waals surface area contributed by atoms with Gasteiger partial charge in [-0.1, -0.05) is 6.07 Å². The fraction of sp³-hybridized carbons (Fsp3) is 0.643. The third-order valence-corrected chi connectivity index (χ3v) is 3.84. The predicted octanol–water partition coefficient (Wildman–Crippen LogP) is 1.70. The Balaban J connectivity index is 1.97. The zero-order valence-electron chi connectivity index (χ0n) is 11.2. The van der Waals surface area contributed by atoms with Crippen molar-refractivity contribution in [1.29, 1.82) is 0 Å². The molecule has 3 N–H and O–H groups in total. The number of hydrogen-bond acceptors (Lipinski definition) is 4. The number of nitrogens with two attached hydrogens (primary N) is 1. The Labute approximate surface area is 109 Å². The van der Waals surface area contributed by atoms with E-state index >= 15 is 0 Å². The normalized spacial score (nSPS) is 20.8. The lowest BCUT2D eigenvalue weighted by Gasteiger charge is -2.34. The minimum absolute atomic E-state index is 0.0347. The van der Waals surface area contributed by atoms with Crippen molar-refractivity contribution in [3.8, 4) is 0 Å². The highest BCUT2D eigenvalue weighted by Gasteiger charge is 2.23. The number of pyridine rings is 1. The van der Waals surface area contributed by atoms with Gasteiger partial charge in [-0.05, 0) is 44.2 Å². The highest BCUT2D eigenvalue weighted by molar-refractivity contribution is 5.40. The molecule has 0 aliphatic carbocycles. The number of rotatable bonds is 3. The van der Waals surface area contributed by atoms with Crippen LogP contribution >= 0.6 is 0 Å². The van der Waals surface area contributed by atoms with E-state index in [9.17, 15) is 5.11 Å². The molecule has 2 unspecified atom stereocenters. The molecule has 18 heavy (non-hydrogen) atoms. The standard InChI is InChI=1S/C14H23N3O/c1-10(15)13-3-4-14(16-9-13)17-7-5-12(6-8-17)11(2)18/h3-4,9-12,18H,5-8,15H2,1-2H3. The Hall–Kier alpha value is -1.13. The van der Waals surface area contributed by atoms with Crippen molar-refractivity contribution in [2.45, 2.75) is 38.8 Å². The summed E-state index contributed by atoms with van der Waals surface area (Å²) in [7, 11) is 0. The summed E-state index contributed by atoms with van der Waals surface area (Å²) in [6.45, 7) is 5.79. The fourth-order valence-electron chi connectivity index (χ4n) is 2.46. The average Bonchev–Trinajstić information content (AvgIpc) is 2.39. The first-order valence-electron chi connectivity index (χ1n) is 6.72. The molecule has 1 aliphatic rings. The molecule has 100 valence electrons. The second-order valence-electron chi connectivity index (χ2n) is 5.30. The van der Waals surface area contributed by atoms with E-state index in [4.69, 9.17) is 5.73 Å². The van der Waals surface area contributed by atoms with Crippen LogP contribution in [0.5, 0.6) is 0 Å². The van der Waals surface area contributed by atoms with Crippen LogP contribution in [0.4, 0.5) is 5.82 Å². The molecule has 0 amide bonds. The van der Waals surface area contributed by atoms with Crippen LogP contribution in [-0.2, 0) is 0 Å². The molecule has 2 heterocycles. The second-order valence-corrected chi connectivity index (χ2v) is 5.30. The van der Waals surface area contributed by atoms with Crippen LogP contribution < -0.4 is 10.6 Å². The predicted molar refractivity (Wildman–Crippen MR) is 73.5 cm³/mol. The number of aliphatic hydroxyl groups is 1. The Kier molecular flexibility index (Phi) is 4.19. The molecule has 1 fully saturated rings. The van der Waals surface area contributed by atoms with Crippen molar-refractivity contribution < 1.29 is 5.11 Å². The highest BCUT2D eigenvalue weighted by Crippen LogP contribution is 2.24. The monoisotopic (exact) mass is 249 g/mol. The maximum absolute atomic E-state index is 9.58. The molecule has 4 nitrogen and oxygen atoms in total. The number of hydrogen-bond donors (Lipinski definition) is 2. The molecule has 1 aliphatic heterocycles. The maximum Gasteiger partial charge on any atom is 0.128 e. The van der Waals surface area contributed by atoms with Crippen LogP contribution in [0, 0.1) is 5.92 Å². The first-order chi connectivity index (χ1) is 8.58. The van der Waals surface area contributed by atoms with Crippen LogP contribution in [0.15, 0.2) is 18.3 Å². The van der Waals surface area contributed by atoms with Gasteiger partial charge in [0.25, 0.3) is 0 Å². The van der Waals surface area contributed by atoms with E-state index in [-0.39, 0.29) is 12.1 Å². The Morgan fingerprint density at radius 3 is 2.44 bits per heavy atom. The lowest BCUT2D eigenvalue weighted by atomic mass is 9.92. The van der Waals surface area contributed by atoms with Gasteiger partial charge in [-0.25, -0.2) is 4.98 Å². The van der Waals surface area contributed by atoms with Gasteiger partial charge >= 0.3 is 0 Å². The van der Waals surface area contributed by atoms with Crippen molar-refractivity contribution in [2.24, 2.45) is 11.7 Å². The molecule has 0 radical (unpaired) electrons. The van der Waals surface area contributed by atoms with Gasteiger partial charge in [0.15, 0.2) is 0 Å². The maximum atomic E-state index is 9.58. The third kappa shape index (κ3) is 3.00. The quantitative estimate of drug-likeness (QED) is 0.856. The summed E-state index contributed by atoms with van der Waals surface area (Å²) in [6.07, 6.45) is 3.74. The van der Waals surface area contributed by atoms with Crippen molar-refractivity contribution >= 4 is 5.82 Å². The summed E-state index contributed by atoms with van der Waals surface area (Å²) < 4.78 is 0. The highest BCUT2D eigenvalue weighted by atomic mass is 16.3. The molecule has 0 saturated carbocycles. The average molecular weight is 249 g/mol. The number of aromatic nitrogens is 1. The lowest BCUT2D eigenvalue weighted by molar-refractivity contribution is 0.110. The summed E-state index contributed by atoms with van der Waals surface area (Å²) in [5, 5.41) is 9.58. The van der Waals surface area contributed by atoms with E-state index in [1.54, 1.807) is 0 Å². The van der Waals surface area contributed by atoms with Crippen LogP contribution in [0.2, 0.25) is 0 Å². The number of anilines is 1. The molecule has 2 rings (SSSR count). The van der Waals surface area contributed by atoms with E-state index in [2.05, 4.69) is 9.88 Å². The SMILES string of the molecule is CC(N)c1ccc(N2CCC(C(C)O)CC2)nc1. The molecule has 1 saturated heterocycles. The molecule has 0 aromatic carbocycles. The van der Waals surface area contributed by atoms with Gasteiger partial charge < -0.3 is 15.7 Å². The lowest BCUT2D eigenvalue weighted by Crippen LogP contribution is -2.37. The van der Waals surface area contributed by atoms with Crippen molar-refractivity contribution in [3.63, 3.8) is 0 Å². The van der Waals surface area contributed by atoms with Crippen LogP contribution in [0.1, 0.15) is 38.3 Å². The van der Waals surface area contributed by atoms with E-state index in [0.29, 0.717) is 5.92 Å². The largest absolute Gasteiger partial charge is 0.393 e. The zero-order valence-corrected chi connectivity index (χ0v) is 11.2. The van der Waals surface area contributed by atoms with Crippen molar-refractivity contribution in [2.75, 3.05) is 18.0 Å². The molecule has 0 spiro atoms. The molecule has 2 atom stereocenters. The van der Waals surface area contributed by atoms with Gasteiger partial charge in [-0.3, -0.25) is 0 Å². The molecular formula is C14H23N3O. The Bertz CT molecular complexity index is 367. The minimum atomic E-state index is -0.194. The molecule has 0 bridgehead atoms. The summed E-state index contributed by atoms with van der Waals surface area (Å²) in [5.41, 5.74) is 6.88. The molecule has 1 aromatic rings. The summed E-state index contributed by atoms with van der Waals surface area (Å²) in [4.78, 5) is 6.76. The smallest absolute Gasteiger partial charge is 0.128 e. The van der Waals surface area contributed by atoms with E-state index in [1.807, 2.05) is 32.2 Å². The van der Waals surface area contributed by atoms with Gasteiger partial charge in [0.2, 0.25) is 0 Å². The molecule has 1 aromatic heterocycles.